The van der Waals surface area contributed by atoms with E-state index >= 15 is 0 Å². The zero-order chi connectivity index (χ0) is 106. The molecule has 0 radical (unpaired) electrons. The van der Waals surface area contributed by atoms with Gasteiger partial charge >= 0.3 is 36.2 Å². The summed E-state index contributed by atoms with van der Waals surface area (Å²) in [5.74, 6) is 30.0. The highest BCUT2D eigenvalue weighted by Gasteiger charge is 2.51. The molecule has 0 saturated carbocycles. The number of urea groups is 6. The third kappa shape index (κ3) is 29.9. The molecule has 6 atom stereocenters. The predicted molar refractivity (Wildman–Crippen MR) is 560 cm³/mol. The van der Waals surface area contributed by atoms with Gasteiger partial charge in [0.1, 0.15) is 34.5 Å². The third-order valence-electron chi connectivity index (χ3n) is 26.5. The summed E-state index contributed by atoms with van der Waals surface area (Å²) in [6.07, 6.45) is 3.90. The molecule has 10 aromatic rings. The van der Waals surface area contributed by atoms with Crippen molar-refractivity contribution in [2.75, 3.05) is 65.6 Å². The van der Waals surface area contributed by atoms with Crippen LogP contribution < -0.4 is 67.9 Å². The molecule has 150 heavy (non-hydrogen) atoms. The van der Waals surface area contributed by atoms with Crippen LogP contribution in [0.3, 0.4) is 0 Å². The Morgan fingerprint density at radius 3 is 0.933 bits per heavy atom. The smallest absolute Gasteiger partial charge is 0.322 e. The summed E-state index contributed by atoms with van der Waals surface area (Å²) in [7, 11) is -3.84. The first-order valence-corrected chi connectivity index (χ1v) is 50.6. The van der Waals surface area contributed by atoms with Gasteiger partial charge in [0, 0.05) is 121 Å². The molecule has 18 rings (SSSR count). The highest BCUT2D eigenvalue weighted by molar-refractivity contribution is 7.89. The lowest BCUT2D eigenvalue weighted by molar-refractivity contribution is -0.138. The maximum Gasteiger partial charge on any atom is 0.322 e. The van der Waals surface area contributed by atoms with E-state index < -0.39 is 104 Å². The van der Waals surface area contributed by atoms with Crippen molar-refractivity contribution in [1.29, 1.82) is 0 Å². The normalized spacial score (nSPS) is 20.2. The molecule has 0 bridgehead atoms. The predicted octanol–water partition coefficient (Wildman–Crippen LogP) is 10.3. The largest absolute Gasteiger partial charge is 0.491 e. The van der Waals surface area contributed by atoms with Gasteiger partial charge in [-0.05, 0) is 246 Å². The van der Waals surface area contributed by atoms with Gasteiger partial charge in [-0.3, -0.25) is 60.1 Å². The van der Waals surface area contributed by atoms with Gasteiger partial charge in [0.15, 0.2) is 5.54 Å². The zero-order valence-electron chi connectivity index (χ0n) is 83.1. The SMILES string of the molecule is CC(O)CC1(CC(=O)N2CCC(c3ccc(C#Cc4ccccc4)cc3)CC2)NC(=O)NC1=O.CC1(CNC(=O)N2CCC(c3ccc(C#Cc4ccccc4)cc3)CC2)NC(=O)NC1=O.CC1(CNS(=O)(=O)c2ccc(C#Cc3ccccc3)cc2)NC(=O)NC1=O.CC1(COc2ccc(C#Cc3ccccc3)cc2)NC(=O)NC1=O.O=C1NC(=O)C(CCO)(CC(=O)N2CCC(c3ccc(C#Cc4ccccc4)cc3)CC2)N1. The number of imide groups is 5. The number of aliphatic hydroxyl groups excluding tert-OH is 2. The number of amides is 19. The van der Waals surface area contributed by atoms with E-state index in [-0.39, 0.29) is 74.7 Å². The van der Waals surface area contributed by atoms with Crippen LogP contribution in [0.15, 0.2) is 278 Å². The van der Waals surface area contributed by atoms with Crippen LogP contribution in [0.4, 0.5) is 28.8 Å². The number of nitrogens with zero attached hydrogens (tertiary/aromatic N) is 3. The van der Waals surface area contributed by atoms with E-state index in [1.54, 1.807) is 52.8 Å². The van der Waals surface area contributed by atoms with E-state index in [9.17, 15) is 81.0 Å². The second-order valence-electron chi connectivity index (χ2n) is 37.9. The summed E-state index contributed by atoms with van der Waals surface area (Å²) < 4.78 is 32.8. The minimum Gasteiger partial charge on any atom is -0.491 e. The summed E-state index contributed by atoms with van der Waals surface area (Å²) >= 11 is 0. The summed E-state index contributed by atoms with van der Waals surface area (Å²) in [6, 6.07) is 83.9. The maximum atomic E-state index is 13.0. The first kappa shape index (κ1) is 108. The van der Waals surface area contributed by atoms with Crippen LogP contribution in [0.2, 0.25) is 0 Å². The Morgan fingerprint density at radius 1 is 0.360 bits per heavy atom. The molecule has 0 aromatic heterocycles. The van der Waals surface area contributed by atoms with Gasteiger partial charge < -0.3 is 61.6 Å². The lowest BCUT2D eigenvalue weighted by atomic mass is 9.86. The van der Waals surface area contributed by atoms with Crippen molar-refractivity contribution in [1.82, 2.24) is 77.9 Å². The molecule has 14 N–H and O–H groups in total. The van der Waals surface area contributed by atoms with Crippen molar-refractivity contribution >= 4 is 87.6 Å². The molecule has 34 heteroatoms. The number of rotatable bonds is 20. The number of benzene rings is 10. The topological polar surface area (TPSA) is 460 Å². The van der Waals surface area contributed by atoms with Crippen LogP contribution in [0.5, 0.6) is 5.75 Å². The molecule has 10 aromatic carbocycles. The Morgan fingerprint density at radius 2 is 0.633 bits per heavy atom. The summed E-state index contributed by atoms with van der Waals surface area (Å²) in [5, 5.41) is 45.3. The number of sulfonamides is 1. The maximum absolute atomic E-state index is 13.0. The number of carbonyl (C=O) groups excluding carboxylic acids is 13. The lowest BCUT2D eigenvalue weighted by Gasteiger charge is -2.35. The molecular weight excluding hydrogens is 1920 g/mol. The van der Waals surface area contributed by atoms with Crippen LogP contribution in [-0.4, -0.2) is 210 Å². The molecule has 8 aliphatic rings. The molecule has 19 amide bonds. The Hall–Kier alpha value is -17.5. The van der Waals surface area contributed by atoms with Gasteiger partial charge in [-0.1, -0.05) is 187 Å². The van der Waals surface area contributed by atoms with Crippen LogP contribution in [0.25, 0.3) is 0 Å². The van der Waals surface area contributed by atoms with Crippen LogP contribution in [0.1, 0.15) is 182 Å². The standard InChI is InChI=1S/C27H29N3O4.C26H27N3O4.C25H26N4O3.C19H17N3O4S.C19H16N2O3/c1-19(31)17-27(25(33)28-26(34)29-27)18-24(32)30-15-13-23(14-16-30)22-11-9-21(10-12-22)8-7-20-5-3-2-4-6-20;30-17-14-26(24(32)27-25(33)28-26)18-23(31)29-15-12-22(13-16-29)21-10-8-20(9-11-21)7-6-19-4-2-1-3-5-19;1-25(22(30)27-23(31)28-25)17-26-24(32)29-15-13-21(14-16-29)20-11-9-19(10-12-20)8-7-18-5-3-2-4-6-18;1-19(17(23)21-18(24)22-19)13-20-27(25,26)16-11-9-15(10-12-16)8-7-14-5-3-2-4-6-14;1-19(17(22)20-18(23)21-19)13-24-16-11-9-15(10-12-16)8-7-14-5-3-2-4-6-14/h2-6,9-12,19,23,31H,13-18H2,1H3,(H2,28,29,33,34);1-5,8-11,22,30H,12-18H2,(H2,27,28,32,33);2-6,9-12,21H,13-17H2,1H3,(H,26,32)(H2,27,28,30,31);2-6,9-12,20H,13H2,1H3,(H2,21,22,23,24);2-6,9-12H,13H2,1H3,(H2,20,21,22,23). The molecule has 0 spiro atoms. The van der Waals surface area contributed by atoms with Crippen LogP contribution >= 0.6 is 0 Å². The van der Waals surface area contributed by atoms with Crippen molar-refractivity contribution in [2.24, 2.45) is 0 Å². The molecule has 8 aliphatic heterocycles. The van der Waals surface area contributed by atoms with Gasteiger partial charge in [0.2, 0.25) is 21.8 Å². The van der Waals surface area contributed by atoms with Crippen LogP contribution in [-0.2, 0) is 43.6 Å². The quantitative estimate of drug-likeness (QED) is 0.0249. The highest BCUT2D eigenvalue weighted by Crippen LogP contribution is 2.35. The van der Waals surface area contributed by atoms with Crippen molar-refractivity contribution in [3.05, 3.63) is 345 Å². The van der Waals surface area contributed by atoms with E-state index in [0.29, 0.717) is 68.3 Å². The average molecular weight is 2040 g/mol. The highest BCUT2D eigenvalue weighted by atomic mass is 32.2. The Kier molecular flexibility index (Phi) is 36.2. The van der Waals surface area contributed by atoms with Crippen molar-refractivity contribution < 1.29 is 85.7 Å². The minimum atomic E-state index is -3.84. The van der Waals surface area contributed by atoms with Gasteiger partial charge in [-0.15, -0.1) is 0 Å². The fourth-order valence-corrected chi connectivity index (χ4v) is 18.9. The van der Waals surface area contributed by atoms with Gasteiger partial charge in [0.25, 0.3) is 29.5 Å². The molecule has 6 unspecified atom stereocenters. The van der Waals surface area contributed by atoms with E-state index in [1.807, 2.05) is 200 Å². The van der Waals surface area contributed by atoms with Gasteiger partial charge in [0.05, 0.1) is 30.4 Å². The number of ether oxygens (including phenoxy) is 1. The third-order valence-corrected chi connectivity index (χ3v) is 27.9. The second-order valence-corrected chi connectivity index (χ2v) is 39.7. The second kappa shape index (κ2) is 50.1. The van der Waals surface area contributed by atoms with Gasteiger partial charge in [-0.2, -0.15) is 0 Å². The number of hydrogen-bond acceptors (Lipinski definition) is 18. The molecular formula is C116H115N15O18S. The molecule has 8 fully saturated rings. The Bertz CT molecular complexity index is 7080. The monoisotopic (exact) mass is 2040 g/mol. The molecule has 0 aliphatic carbocycles. The Balaban J connectivity index is 0.000000148. The van der Waals surface area contributed by atoms with Gasteiger partial charge in [-0.25, -0.2) is 41.9 Å². The minimum absolute atomic E-state index is 0.00624. The molecule has 33 nitrogen and oxygen atoms in total. The number of nitrogens with one attached hydrogen (secondary N) is 12. The fraction of sp³-hybridized carbons (Fsp3) is 0.284. The van der Waals surface area contributed by atoms with Crippen molar-refractivity contribution in [3.63, 3.8) is 0 Å². The number of piperidine rings is 3. The van der Waals surface area contributed by atoms with E-state index in [1.165, 1.54) is 42.7 Å². The molecule has 8 saturated heterocycles. The molecule has 768 valence electrons. The summed E-state index contributed by atoms with van der Waals surface area (Å²) in [6.45, 7) is 9.35. The zero-order valence-corrected chi connectivity index (χ0v) is 83.9. The summed E-state index contributed by atoms with van der Waals surface area (Å²) in [4.78, 5) is 161. The van der Waals surface area contributed by atoms with E-state index in [2.05, 4.69) is 159 Å². The lowest BCUT2D eigenvalue weighted by Crippen LogP contribution is -2.55. The number of aliphatic hydroxyl groups is 2. The van der Waals surface area contributed by atoms with Crippen LogP contribution in [0, 0.1) is 59.2 Å². The first-order valence-electron chi connectivity index (χ1n) is 49.1. The number of carbonyl (C=O) groups is 13. The number of hydrogen-bond donors (Lipinski definition) is 14. The molecule has 8 heterocycles. The van der Waals surface area contributed by atoms with Crippen molar-refractivity contribution in [2.45, 2.75) is 148 Å². The first-order chi connectivity index (χ1) is 72.1. The van der Waals surface area contributed by atoms with Crippen molar-refractivity contribution in [3.8, 4) is 65.0 Å². The average Bonchev–Trinajstić information content (AvgIpc) is 1.64. The van der Waals surface area contributed by atoms with E-state index in [4.69, 9.17) is 4.74 Å². The summed E-state index contributed by atoms with van der Waals surface area (Å²) in [5.41, 5.74) is 6.66. The Labute approximate surface area is 870 Å². The van der Waals surface area contributed by atoms with E-state index in [0.717, 1.165) is 88.6 Å². The number of likely N-dealkylation sites (tertiary alicyclic amines) is 3. The fourth-order valence-electron chi connectivity index (χ4n) is 17.8.